The van der Waals surface area contributed by atoms with Crippen LogP contribution in [0.3, 0.4) is 0 Å². The lowest BCUT2D eigenvalue weighted by molar-refractivity contribution is 0.0296. The fraction of sp³-hybridized carbons (Fsp3) is 0.348. The van der Waals surface area contributed by atoms with Gasteiger partial charge in [-0.25, -0.2) is 0 Å². The highest BCUT2D eigenvalue weighted by Crippen LogP contribution is 2.26. The number of benzene rings is 1. The topological polar surface area (TPSA) is 80.8 Å². The second-order valence-corrected chi connectivity index (χ2v) is 7.78. The van der Waals surface area contributed by atoms with E-state index < -0.39 is 0 Å². The van der Waals surface area contributed by atoms with Gasteiger partial charge in [-0.05, 0) is 17.7 Å². The number of furan rings is 1. The second-order valence-electron chi connectivity index (χ2n) is 7.78. The van der Waals surface area contributed by atoms with Crippen molar-refractivity contribution in [2.75, 3.05) is 32.8 Å². The van der Waals surface area contributed by atoms with Crippen LogP contribution >= 0.6 is 0 Å². The van der Waals surface area contributed by atoms with E-state index in [2.05, 4.69) is 0 Å². The van der Waals surface area contributed by atoms with Gasteiger partial charge in [0, 0.05) is 37.3 Å². The maximum atomic E-state index is 13.3. The molecule has 2 aliphatic heterocycles. The Balaban J connectivity index is 1.48. The summed E-state index contributed by atoms with van der Waals surface area (Å²) in [6, 6.07) is 13.4. The summed E-state index contributed by atoms with van der Waals surface area (Å²) in [6.45, 7) is 3.64. The van der Waals surface area contributed by atoms with Gasteiger partial charge in [0.2, 0.25) is 0 Å². The van der Waals surface area contributed by atoms with Crippen LogP contribution in [0.25, 0.3) is 0 Å². The molecule has 1 fully saturated rings. The quantitative estimate of drug-likeness (QED) is 0.646. The van der Waals surface area contributed by atoms with E-state index in [1.54, 1.807) is 21.9 Å². The standard InChI is InChI=1S/C23H24N4O4/c28-22(20-7-4-12-31-20)26-9-8-19-18(16-26)21(23(29)25-10-13-30-14-11-25)24-27(19)15-17-5-2-1-3-6-17/h1-7,12H,8-11,13-16H2. The second kappa shape index (κ2) is 8.39. The number of amides is 2. The molecule has 0 spiro atoms. The monoisotopic (exact) mass is 420 g/mol. The fourth-order valence-corrected chi connectivity index (χ4v) is 4.20. The van der Waals surface area contributed by atoms with E-state index in [-0.39, 0.29) is 11.8 Å². The Kier molecular flexibility index (Phi) is 5.30. The van der Waals surface area contributed by atoms with Crippen LogP contribution in [0, 0.1) is 0 Å². The largest absolute Gasteiger partial charge is 0.459 e. The van der Waals surface area contributed by atoms with Gasteiger partial charge >= 0.3 is 0 Å². The fourth-order valence-electron chi connectivity index (χ4n) is 4.20. The molecule has 8 heteroatoms. The average molecular weight is 420 g/mol. The highest BCUT2D eigenvalue weighted by Gasteiger charge is 2.33. The number of hydrogen-bond acceptors (Lipinski definition) is 5. The van der Waals surface area contributed by atoms with Crippen LogP contribution in [0.15, 0.2) is 53.1 Å². The zero-order valence-electron chi connectivity index (χ0n) is 17.2. The lowest BCUT2D eigenvalue weighted by Crippen LogP contribution is -2.42. The summed E-state index contributed by atoms with van der Waals surface area (Å²) in [6.07, 6.45) is 2.13. The Labute approximate surface area is 180 Å². The maximum Gasteiger partial charge on any atom is 0.289 e. The molecule has 1 saturated heterocycles. The van der Waals surface area contributed by atoms with Crippen molar-refractivity contribution in [2.45, 2.75) is 19.5 Å². The molecule has 8 nitrogen and oxygen atoms in total. The summed E-state index contributed by atoms with van der Waals surface area (Å²) < 4.78 is 12.6. The van der Waals surface area contributed by atoms with Crippen molar-refractivity contribution in [3.05, 3.63) is 77.0 Å². The molecule has 2 amide bonds. The Morgan fingerprint density at radius 2 is 1.74 bits per heavy atom. The lowest BCUT2D eigenvalue weighted by atomic mass is 10.0. The summed E-state index contributed by atoms with van der Waals surface area (Å²) in [7, 11) is 0. The summed E-state index contributed by atoms with van der Waals surface area (Å²) in [4.78, 5) is 29.7. The highest BCUT2D eigenvalue weighted by atomic mass is 16.5. The van der Waals surface area contributed by atoms with Crippen LogP contribution in [0.4, 0.5) is 0 Å². The molecule has 4 heterocycles. The molecule has 160 valence electrons. The SMILES string of the molecule is O=C(c1ccco1)N1CCc2c(c(C(=O)N3CCOCC3)nn2Cc2ccccc2)C1. The van der Waals surface area contributed by atoms with Crippen LogP contribution in [0.1, 0.15) is 37.9 Å². The highest BCUT2D eigenvalue weighted by molar-refractivity contribution is 5.95. The molecule has 0 N–H and O–H groups in total. The van der Waals surface area contributed by atoms with Crippen molar-refractivity contribution in [1.82, 2.24) is 19.6 Å². The van der Waals surface area contributed by atoms with Crippen molar-refractivity contribution in [3.63, 3.8) is 0 Å². The zero-order chi connectivity index (χ0) is 21.2. The molecule has 0 unspecified atom stereocenters. The summed E-state index contributed by atoms with van der Waals surface area (Å²) in [5, 5.41) is 4.74. The van der Waals surface area contributed by atoms with E-state index in [0.29, 0.717) is 63.8 Å². The number of carbonyl (C=O) groups excluding carboxylic acids is 2. The van der Waals surface area contributed by atoms with Crippen LogP contribution < -0.4 is 0 Å². The molecule has 0 bridgehead atoms. The van der Waals surface area contributed by atoms with E-state index in [1.807, 2.05) is 35.0 Å². The van der Waals surface area contributed by atoms with E-state index >= 15 is 0 Å². The van der Waals surface area contributed by atoms with Gasteiger partial charge in [-0.3, -0.25) is 14.3 Å². The molecule has 1 aromatic carbocycles. The average Bonchev–Trinajstić information content (AvgIpc) is 3.48. The smallest absolute Gasteiger partial charge is 0.289 e. The Bertz CT molecular complexity index is 1070. The first kappa shape index (κ1) is 19.6. The van der Waals surface area contributed by atoms with Gasteiger partial charge in [0.15, 0.2) is 11.5 Å². The molecular formula is C23H24N4O4. The number of fused-ring (bicyclic) bond motifs is 1. The van der Waals surface area contributed by atoms with Crippen LogP contribution in [0.2, 0.25) is 0 Å². The first-order valence-corrected chi connectivity index (χ1v) is 10.5. The molecule has 0 radical (unpaired) electrons. The molecule has 2 aliphatic rings. The van der Waals surface area contributed by atoms with Crippen molar-refractivity contribution in [2.24, 2.45) is 0 Å². The van der Waals surface area contributed by atoms with Gasteiger partial charge in [-0.2, -0.15) is 5.10 Å². The lowest BCUT2D eigenvalue weighted by Gasteiger charge is -2.29. The summed E-state index contributed by atoms with van der Waals surface area (Å²) in [5.41, 5.74) is 3.40. The molecular weight excluding hydrogens is 396 g/mol. The van der Waals surface area contributed by atoms with Crippen molar-refractivity contribution >= 4 is 11.8 Å². The number of carbonyl (C=O) groups is 2. The van der Waals surface area contributed by atoms with Crippen molar-refractivity contribution in [1.29, 1.82) is 0 Å². The zero-order valence-corrected chi connectivity index (χ0v) is 17.2. The number of rotatable bonds is 4. The minimum absolute atomic E-state index is 0.0985. The molecule has 3 aromatic rings. The predicted octanol–water partition coefficient (Wildman–Crippen LogP) is 2.20. The van der Waals surface area contributed by atoms with Gasteiger partial charge in [0.1, 0.15) is 0 Å². The van der Waals surface area contributed by atoms with Gasteiger partial charge < -0.3 is 19.0 Å². The van der Waals surface area contributed by atoms with Gasteiger partial charge in [0.25, 0.3) is 11.8 Å². The van der Waals surface area contributed by atoms with Gasteiger partial charge in [-0.1, -0.05) is 30.3 Å². The third-order valence-electron chi connectivity index (χ3n) is 5.83. The molecule has 0 atom stereocenters. The third kappa shape index (κ3) is 3.86. The number of morpholine rings is 1. The van der Waals surface area contributed by atoms with Crippen molar-refractivity contribution < 1.29 is 18.7 Å². The minimum atomic E-state index is -0.170. The summed E-state index contributed by atoms with van der Waals surface area (Å²) in [5.74, 6) is 0.0380. The minimum Gasteiger partial charge on any atom is -0.459 e. The Hall–Kier alpha value is -3.39. The van der Waals surface area contributed by atoms with Crippen LogP contribution in [0.5, 0.6) is 0 Å². The van der Waals surface area contributed by atoms with E-state index in [9.17, 15) is 9.59 Å². The first-order valence-electron chi connectivity index (χ1n) is 10.5. The normalized spacial score (nSPS) is 16.3. The number of ether oxygens (including phenoxy) is 1. The summed E-state index contributed by atoms with van der Waals surface area (Å²) >= 11 is 0. The molecule has 0 saturated carbocycles. The number of nitrogens with zero attached hydrogens (tertiary/aromatic N) is 4. The number of hydrogen-bond donors (Lipinski definition) is 0. The number of aromatic nitrogens is 2. The first-order chi connectivity index (χ1) is 15.2. The predicted molar refractivity (Wildman–Crippen MR) is 112 cm³/mol. The third-order valence-corrected chi connectivity index (χ3v) is 5.83. The van der Waals surface area contributed by atoms with E-state index in [0.717, 1.165) is 16.8 Å². The van der Waals surface area contributed by atoms with E-state index in [1.165, 1.54) is 6.26 Å². The van der Waals surface area contributed by atoms with Gasteiger partial charge in [-0.15, -0.1) is 0 Å². The van der Waals surface area contributed by atoms with Gasteiger partial charge in [0.05, 0.1) is 32.6 Å². The van der Waals surface area contributed by atoms with Crippen LogP contribution in [-0.2, 0) is 24.2 Å². The molecule has 31 heavy (non-hydrogen) atoms. The van der Waals surface area contributed by atoms with E-state index in [4.69, 9.17) is 14.3 Å². The molecule has 0 aliphatic carbocycles. The Morgan fingerprint density at radius 3 is 2.48 bits per heavy atom. The van der Waals surface area contributed by atoms with Crippen LogP contribution in [-0.4, -0.2) is 64.2 Å². The molecule has 5 rings (SSSR count). The molecule has 2 aromatic heterocycles. The maximum absolute atomic E-state index is 13.3. The van der Waals surface area contributed by atoms with Crippen molar-refractivity contribution in [3.8, 4) is 0 Å². The Morgan fingerprint density at radius 1 is 0.935 bits per heavy atom.